The molecule has 0 atom stereocenters. The van der Waals surface area contributed by atoms with Gasteiger partial charge in [0.1, 0.15) is 5.75 Å². The quantitative estimate of drug-likeness (QED) is 0.846. The van der Waals surface area contributed by atoms with Crippen LogP contribution in [0.3, 0.4) is 0 Å². The van der Waals surface area contributed by atoms with Crippen molar-refractivity contribution in [3.05, 3.63) is 56.8 Å². The number of aromatic hydroxyl groups is 1. The molecule has 21 heavy (non-hydrogen) atoms. The third-order valence-corrected chi connectivity index (χ3v) is 3.61. The van der Waals surface area contributed by atoms with Crippen LogP contribution in [-0.2, 0) is 13.2 Å². The number of halogens is 2. The van der Waals surface area contributed by atoms with Crippen molar-refractivity contribution in [2.45, 2.75) is 20.1 Å². The fraction of sp³-hybridized carbons (Fsp3) is 0.200. The van der Waals surface area contributed by atoms with Crippen molar-refractivity contribution in [2.24, 2.45) is 4.99 Å². The first-order valence-corrected chi connectivity index (χ1v) is 7.00. The molecule has 2 N–H and O–H groups in total. The molecule has 0 fully saturated rings. The number of pyridine rings is 1. The number of benzene rings is 1. The van der Waals surface area contributed by atoms with Gasteiger partial charge in [0.25, 0.3) is 0 Å². The van der Waals surface area contributed by atoms with Crippen LogP contribution in [0, 0.1) is 6.92 Å². The van der Waals surface area contributed by atoms with Crippen LogP contribution in [-0.4, -0.2) is 21.4 Å². The Morgan fingerprint density at radius 1 is 1.29 bits per heavy atom. The highest BCUT2D eigenvalue weighted by molar-refractivity contribution is 6.35. The zero-order chi connectivity index (χ0) is 15.4. The Labute approximate surface area is 132 Å². The van der Waals surface area contributed by atoms with E-state index in [1.54, 1.807) is 25.1 Å². The van der Waals surface area contributed by atoms with E-state index in [0.717, 1.165) is 5.56 Å². The number of aromatic nitrogens is 1. The molecule has 0 saturated heterocycles. The number of hydrogen-bond donors (Lipinski definition) is 2. The average Bonchev–Trinajstić information content (AvgIpc) is 2.46. The van der Waals surface area contributed by atoms with Gasteiger partial charge in [0.05, 0.1) is 18.8 Å². The van der Waals surface area contributed by atoms with Crippen molar-refractivity contribution in [3.63, 3.8) is 0 Å². The molecule has 0 saturated carbocycles. The SMILES string of the molecule is Cc1ncc(CO)c(C=NCc2ccc(Cl)cc2Cl)c1O. The van der Waals surface area contributed by atoms with Gasteiger partial charge >= 0.3 is 0 Å². The first-order valence-electron chi connectivity index (χ1n) is 6.25. The first kappa shape index (κ1) is 15.8. The van der Waals surface area contributed by atoms with E-state index in [9.17, 15) is 10.2 Å². The fourth-order valence-corrected chi connectivity index (χ4v) is 2.28. The number of hydrogen-bond acceptors (Lipinski definition) is 4. The van der Waals surface area contributed by atoms with Crippen molar-refractivity contribution in [3.8, 4) is 5.75 Å². The topological polar surface area (TPSA) is 65.7 Å². The highest BCUT2D eigenvalue weighted by Crippen LogP contribution is 2.23. The van der Waals surface area contributed by atoms with Crippen LogP contribution in [0.2, 0.25) is 10.0 Å². The Bertz CT molecular complexity index is 688. The predicted octanol–water partition coefficient (Wildman–Crippen LogP) is 3.51. The van der Waals surface area contributed by atoms with Gasteiger partial charge in [-0.05, 0) is 24.6 Å². The number of aryl methyl sites for hydroxylation is 1. The lowest BCUT2D eigenvalue weighted by Gasteiger charge is -2.07. The molecule has 110 valence electrons. The minimum atomic E-state index is -0.218. The van der Waals surface area contributed by atoms with E-state index in [1.165, 1.54) is 12.4 Å². The van der Waals surface area contributed by atoms with Gasteiger partial charge in [0.2, 0.25) is 0 Å². The summed E-state index contributed by atoms with van der Waals surface area (Å²) in [5.41, 5.74) is 2.30. The Kier molecular flexibility index (Phi) is 5.17. The summed E-state index contributed by atoms with van der Waals surface area (Å²) in [6.45, 7) is 1.81. The third kappa shape index (κ3) is 3.73. The Balaban J connectivity index is 2.24. The molecule has 0 radical (unpaired) electrons. The van der Waals surface area contributed by atoms with Crippen LogP contribution in [0.4, 0.5) is 0 Å². The molecule has 0 aliphatic carbocycles. The molecule has 0 aliphatic heterocycles. The number of rotatable bonds is 4. The number of aliphatic hydroxyl groups is 1. The zero-order valence-corrected chi connectivity index (χ0v) is 12.9. The molecular formula is C15H14Cl2N2O2. The molecule has 4 nitrogen and oxygen atoms in total. The molecule has 2 rings (SSSR count). The normalized spacial score (nSPS) is 11.2. The molecule has 0 amide bonds. The predicted molar refractivity (Wildman–Crippen MR) is 84.3 cm³/mol. The van der Waals surface area contributed by atoms with Crippen LogP contribution in [0.5, 0.6) is 5.75 Å². The van der Waals surface area contributed by atoms with Crippen molar-refractivity contribution in [1.29, 1.82) is 0 Å². The van der Waals surface area contributed by atoms with Gasteiger partial charge in [-0.3, -0.25) is 9.98 Å². The van der Waals surface area contributed by atoms with E-state index in [-0.39, 0.29) is 12.4 Å². The van der Waals surface area contributed by atoms with E-state index in [2.05, 4.69) is 9.98 Å². The second-order valence-electron chi connectivity index (χ2n) is 4.49. The summed E-state index contributed by atoms with van der Waals surface area (Å²) >= 11 is 11.9. The minimum Gasteiger partial charge on any atom is -0.505 e. The maximum atomic E-state index is 9.99. The van der Waals surface area contributed by atoms with Gasteiger partial charge in [-0.2, -0.15) is 0 Å². The van der Waals surface area contributed by atoms with Gasteiger partial charge in [-0.1, -0.05) is 29.3 Å². The number of aliphatic imine (C=N–C) groups is 1. The first-order chi connectivity index (χ1) is 10.0. The molecule has 1 aromatic heterocycles. The van der Waals surface area contributed by atoms with Gasteiger partial charge < -0.3 is 10.2 Å². The van der Waals surface area contributed by atoms with Crippen LogP contribution >= 0.6 is 23.2 Å². The Hall–Kier alpha value is -1.62. The molecule has 0 aliphatic rings. The second-order valence-corrected chi connectivity index (χ2v) is 5.34. The van der Waals surface area contributed by atoms with Crippen molar-refractivity contribution in [1.82, 2.24) is 4.98 Å². The number of aliphatic hydroxyl groups excluding tert-OH is 1. The average molecular weight is 325 g/mol. The van der Waals surface area contributed by atoms with Gasteiger partial charge in [-0.15, -0.1) is 0 Å². The van der Waals surface area contributed by atoms with Gasteiger partial charge in [-0.25, -0.2) is 0 Å². The minimum absolute atomic E-state index is 0.0208. The van der Waals surface area contributed by atoms with E-state index >= 15 is 0 Å². The van der Waals surface area contributed by atoms with Crippen LogP contribution in [0.1, 0.15) is 22.4 Å². The summed E-state index contributed by atoms with van der Waals surface area (Å²) in [6, 6.07) is 5.19. The smallest absolute Gasteiger partial charge is 0.145 e. The van der Waals surface area contributed by atoms with Gasteiger partial charge in [0, 0.05) is 33.6 Å². The van der Waals surface area contributed by atoms with Crippen molar-refractivity contribution in [2.75, 3.05) is 0 Å². The maximum absolute atomic E-state index is 9.99. The summed E-state index contributed by atoms with van der Waals surface area (Å²) in [7, 11) is 0. The van der Waals surface area contributed by atoms with E-state index < -0.39 is 0 Å². The second kappa shape index (κ2) is 6.89. The Morgan fingerprint density at radius 3 is 2.71 bits per heavy atom. The highest BCUT2D eigenvalue weighted by Gasteiger charge is 2.09. The van der Waals surface area contributed by atoms with E-state index in [4.69, 9.17) is 23.2 Å². The standard InChI is InChI=1S/C15H14Cl2N2O2/c1-9-15(21)13(11(8-20)6-19-9)7-18-5-10-2-3-12(16)4-14(10)17/h2-4,6-7,20-21H,5,8H2,1H3. The molecule has 0 bridgehead atoms. The maximum Gasteiger partial charge on any atom is 0.145 e. The lowest BCUT2D eigenvalue weighted by molar-refractivity contribution is 0.280. The van der Waals surface area contributed by atoms with Gasteiger partial charge in [0.15, 0.2) is 0 Å². The van der Waals surface area contributed by atoms with Crippen LogP contribution in [0.25, 0.3) is 0 Å². The van der Waals surface area contributed by atoms with Crippen molar-refractivity contribution >= 4 is 29.4 Å². The monoisotopic (exact) mass is 324 g/mol. The summed E-state index contributed by atoms with van der Waals surface area (Å²) < 4.78 is 0. The van der Waals surface area contributed by atoms with Crippen LogP contribution < -0.4 is 0 Å². The lowest BCUT2D eigenvalue weighted by Crippen LogP contribution is -1.98. The lowest BCUT2D eigenvalue weighted by atomic mass is 10.1. The summed E-state index contributed by atoms with van der Waals surface area (Å²) in [5, 5.41) is 20.4. The molecule has 0 spiro atoms. The molecule has 6 heteroatoms. The summed E-state index contributed by atoms with van der Waals surface area (Å²) in [4.78, 5) is 8.25. The highest BCUT2D eigenvalue weighted by atomic mass is 35.5. The third-order valence-electron chi connectivity index (χ3n) is 3.03. The molecule has 1 aromatic carbocycles. The largest absolute Gasteiger partial charge is 0.505 e. The number of nitrogens with zero attached hydrogens (tertiary/aromatic N) is 2. The van der Waals surface area contributed by atoms with Crippen LogP contribution in [0.15, 0.2) is 29.4 Å². The molecule has 2 aromatic rings. The molecule has 0 unspecified atom stereocenters. The zero-order valence-electron chi connectivity index (χ0n) is 11.3. The summed E-state index contributed by atoms with van der Waals surface area (Å²) in [6.07, 6.45) is 3.03. The summed E-state index contributed by atoms with van der Waals surface area (Å²) in [5.74, 6) is 0.0208. The molecular weight excluding hydrogens is 311 g/mol. The van der Waals surface area contributed by atoms with Crippen molar-refractivity contribution < 1.29 is 10.2 Å². The fourth-order valence-electron chi connectivity index (χ4n) is 1.81. The molecule has 1 heterocycles. The van der Waals surface area contributed by atoms with E-state index in [1.807, 2.05) is 0 Å². The van der Waals surface area contributed by atoms with E-state index in [0.29, 0.717) is 33.4 Å². The Morgan fingerprint density at radius 2 is 2.05 bits per heavy atom.